The first-order valence-electron chi connectivity index (χ1n) is 12.2. The lowest BCUT2D eigenvalue weighted by Gasteiger charge is -2.31. The Labute approximate surface area is 210 Å². The maximum absolute atomic E-state index is 12.2. The highest BCUT2D eigenvalue weighted by Crippen LogP contribution is 2.30. The molecular weight excluding hydrogens is 460 g/mol. The van der Waals surface area contributed by atoms with E-state index in [-0.39, 0.29) is 5.92 Å². The van der Waals surface area contributed by atoms with Crippen molar-refractivity contribution in [2.24, 2.45) is 5.92 Å². The van der Waals surface area contributed by atoms with Crippen LogP contribution in [-0.4, -0.2) is 61.2 Å². The van der Waals surface area contributed by atoms with Crippen molar-refractivity contribution in [3.63, 3.8) is 0 Å². The van der Waals surface area contributed by atoms with Gasteiger partial charge in [0.1, 0.15) is 11.8 Å². The normalized spacial score (nSPS) is 15.5. The van der Waals surface area contributed by atoms with Crippen LogP contribution in [0.15, 0.2) is 54.9 Å². The van der Waals surface area contributed by atoms with E-state index in [9.17, 15) is 14.7 Å². The second-order valence-electron chi connectivity index (χ2n) is 9.45. The number of hydrogen-bond acceptors (Lipinski definition) is 7. The topological polar surface area (TPSA) is 122 Å². The van der Waals surface area contributed by atoms with Crippen molar-refractivity contribution in [2.45, 2.75) is 51.7 Å². The molecule has 2 N–H and O–H groups in total. The van der Waals surface area contributed by atoms with Crippen LogP contribution < -0.4 is 10.1 Å². The molecule has 0 radical (unpaired) electrons. The number of nitrogens with zero attached hydrogens (tertiary/aromatic N) is 5. The Balaban J connectivity index is 1.27. The number of amides is 1. The molecule has 0 bridgehead atoms. The number of rotatable bonds is 9. The average Bonchev–Trinajstić information content (AvgIpc) is 3.30. The smallest absolute Gasteiger partial charge is 0.413 e. The lowest BCUT2D eigenvalue weighted by atomic mass is 9.89. The van der Waals surface area contributed by atoms with Crippen molar-refractivity contribution in [1.29, 1.82) is 0 Å². The van der Waals surface area contributed by atoms with Gasteiger partial charge in [-0.3, -0.25) is 9.88 Å². The first kappa shape index (κ1) is 25.3. The van der Waals surface area contributed by atoms with Crippen LogP contribution in [-0.2, 0) is 17.9 Å². The van der Waals surface area contributed by atoms with E-state index < -0.39 is 18.1 Å². The molecule has 10 heteroatoms. The highest BCUT2D eigenvalue weighted by molar-refractivity contribution is 5.81. The van der Waals surface area contributed by atoms with Gasteiger partial charge in [-0.05, 0) is 67.6 Å². The number of carboxylic acids is 1. The van der Waals surface area contributed by atoms with Crippen LogP contribution in [0.5, 0.6) is 5.75 Å². The van der Waals surface area contributed by atoms with Crippen molar-refractivity contribution in [3.8, 4) is 5.75 Å². The SMILES string of the molecule is CC(C)[C@H](NC(=O)Oc1cccc(C2CCN(Cc3cn(Cc4ccccn4)nn3)CC2)c1)C(=O)O. The molecule has 3 aromatic rings. The van der Waals surface area contributed by atoms with E-state index in [1.807, 2.05) is 47.3 Å². The molecule has 36 heavy (non-hydrogen) atoms. The summed E-state index contributed by atoms with van der Waals surface area (Å²) in [5, 5.41) is 20.2. The zero-order chi connectivity index (χ0) is 25.5. The highest BCUT2D eigenvalue weighted by atomic mass is 16.6. The first-order valence-corrected chi connectivity index (χ1v) is 12.2. The zero-order valence-corrected chi connectivity index (χ0v) is 20.6. The van der Waals surface area contributed by atoms with E-state index in [4.69, 9.17) is 4.74 Å². The number of carbonyl (C=O) groups is 2. The summed E-state index contributed by atoms with van der Waals surface area (Å²) < 4.78 is 7.19. The van der Waals surface area contributed by atoms with Crippen molar-refractivity contribution < 1.29 is 19.4 Å². The molecule has 0 aliphatic carbocycles. The lowest BCUT2D eigenvalue weighted by Crippen LogP contribution is -2.45. The lowest BCUT2D eigenvalue weighted by molar-refractivity contribution is -0.140. The summed E-state index contributed by atoms with van der Waals surface area (Å²) in [6.07, 6.45) is 4.94. The minimum absolute atomic E-state index is 0.253. The van der Waals surface area contributed by atoms with Crippen molar-refractivity contribution in [3.05, 3.63) is 71.8 Å². The molecule has 0 saturated carbocycles. The molecular formula is C26H32N6O4. The van der Waals surface area contributed by atoms with E-state index in [2.05, 4.69) is 25.5 Å². The van der Waals surface area contributed by atoms with Crippen LogP contribution in [0.2, 0.25) is 0 Å². The third kappa shape index (κ3) is 6.88. The first-order chi connectivity index (χ1) is 17.4. The zero-order valence-electron chi connectivity index (χ0n) is 20.6. The number of carboxylic acid groups (broad SMARTS) is 1. The molecule has 0 spiro atoms. The fraction of sp³-hybridized carbons (Fsp3) is 0.423. The number of likely N-dealkylation sites (tertiary alicyclic amines) is 1. The van der Waals surface area contributed by atoms with Crippen molar-refractivity contribution >= 4 is 12.1 Å². The summed E-state index contributed by atoms with van der Waals surface area (Å²) >= 11 is 0. The molecule has 1 aliphatic heterocycles. The van der Waals surface area contributed by atoms with E-state index in [1.165, 1.54) is 0 Å². The number of pyridine rings is 1. The third-order valence-corrected chi connectivity index (χ3v) is 6.36. The van der Waals surface area contributed by atoms with Gasteiger partial charge in [-0.25, -0.2) is 14.3 Å². The Bertz CT molecular complexity index is 1160. The summed E-state index contributed by atoms with van der Waals surface area (Å²) in [6.45, 7) is 6.67. The van der Waals surface area contributed by atoms with Gasteiger partial charge < -0.3 is 15.2 Å². The van der Waals surface area contributed by atoms with Crippen LogP contribution >= 0.6 is 0 Å². The number of benzene rings is 1. The Hall–Kier alpha value is -3.79. The van der Waals surface area contributed by atoms with Crippen LogP contribution in [0.4, 0.5) is 4.79 Å². The summed E-state index contributed by atoms with van der Waals surface area (Å²) in [5.41, 5.74) is 2.99. The molecule has 1 aliphatic rings. The Morgan fingerprint density at radius 2 is 1.92 bits per heavy atom. The second-order valence-corrected chi connectivity index (χ2v) is 9.45. The van der Waals surface area contributed by atoms with Crippen LogP contribution in [0.1, 0.15) is 49.6 Å². The Morgan fingerprint density at radius 1 is 1.11 bits per heavy atom. The van der Waals surface area contributed by atoms with Gasteiger partial charge in [0.2, 0.25) is 0 Å². The number of aliphatic carboxylic acids is 1. The molecule has 10 nitrogen and oxygen atoms in total. The van der Waals surface area contributed by atoms with E-state index in [1.54, 1.807) is 26.1 Å². The largest absolute Gasteiger partial charge is 0.480 e. The van der Waals surface area contributed by atoms with Crippen LogP contribution in [0, 0.1) is 5.92 Å². The summed E-state index contributed by atoms with van der Waals surface area (Å²) in [5.74, 6) is -0.574. The molecule has 1 saturated heterocycles. The van der Waals surface area contributed by atoms with Gasteiger partial charge in [0, 0.05) is 12.7 Å². The molecule has 2 aromatic heterocycles. The van der Waals surface area contributed by atoms with Gasteiger partial charge in [-0.15, -0.1) is 5.10 Å². The highest BCUT2D eigenvalue weighted by Gasteiger charge is 2.25. The van der Waals surface area contributed by atoms with Crippen LogP contribution in [0.3, 0.4) is 0 Å². The molecule has 1 fully saturated rings. The third-order valence-electron chi connectivity index (χ3n) is 6.36. The maximum atomic E-state index is 12.2. The molecule has 1 amide bonds. The van der Waals surface area contributed by atoms with Gasteiger partial charge in [0.05, 0.1) is 24.1 Å². The van der Waals surface area contributed by atoms with Crippen molar-refractivity contribution in [1.82, 2.24) is 30.2 Å². The fourth-order valence-electron chi connectivity index (χ4n) is 4.41. The van der Waals surface area contributed by atoms with Gasteiger partial charge in [-0.1, -0.05) is 37.3 Å². The number of nitrogens with one attached hydrogen (secondary N) is 1. The number of carbonyl (C=O) groups excluding carboxylic acids is 1. The molecule has 190 valence electrons. The van der Waals surface area contributed by atoms with E-state index >= 15 is 0 Å². The number of piperidine rings is 1. The van der Waals surface area contributed by atoms with Gasteiger partial charge in [0.15, 0.2) is 0 Å². The molecule has 1 aromatic carbocycles. The number of aromatic nitrogens is 4. The quantitative estimate of drug-likeness (QED) is 0.467. The van der Waals surface area contributed by atoms with Gasteiger partial charge in [0.25, 0.3) is 0 Å². The van der Waals surface area contributed by atoms with Gasteiger partial charge in [-0.2, -0.15) is 0 Å². The number of ether oxygens (including phenoxy) is 1. The monoisotopic (exact) mass is 492 g/mol. The molecule has 0 unspecified atom stereocenters. The summed E-state index contributed by atoms with van der Waals surface area (Å²) in [7, 11) is 0. The summed E-state index contributed by atoms with van der Waals surface area (Å²) in [6, 6.07) is 12.3. The minimum Gasteiger partial charge on any atom is -0.480 e. The van der Waals surface area contributed by atoms with E-state index in [0.717, 1.165) is 49.4 Å². The molecule has 4 rings (SSSR count). The molecule has 1 atom stereocenters. The predicted molar refractivity (Wildman–Crippen MR) is 132 cm³/mol. The maximum Gasteiger partial charge on any atom is 0.413 e. The second kappa shape index (κ2) is 11.8. The molecule has 3 heterocycles. The van der Waals surface area contributed by atoms with Crippen LogP contribution in [0.25, 0.3) is 0 Å². The average molecular weight is 493 g/mol. The summed E-state index contributed by atoms with van der Waals surface area (Å²) in [4.78, 5) is 30.2. The predicted octanol–water partition coefficient (Wildman–Crippen LogP) is 3.30. The fourth-order valence-corrected chi connectivity index (χ4v) is 4.41. The standard InChI is InChI=1S/C26H32N6O4/c1-18(2)24(25(33)34)28-26(35)36-23-8-5-6-20(14-23)19-9-12-31(13-10-19)15-22-17-32(30-29-22)16-21-7-3-4-11-27-21/h3-8,11,14,17-19,24H,9-10,12-13,15-16H2,1-2H3,(H,28,35)(H,33,34)/t24-/m0/s1. The van der Waals surface area contributed by atoms with E-state index in [0.29, 0.717) is 18.2 Å². The van der Waals surface area contributed by atoms with Crippen molar-refractivity contribution in [2.75, 3.05) is 13.1 Å². The number of hydrogen-bond donors (Lipinski definition) is 2. The Kier molecular flexibility index (Phi) is 8.27. The minimum atomic E-state index is -1.08. The Morgan fingerprint density at radius 3 is 2.61 bits per heavy atom. The van der Waals surface area contributed by atoms with Gasteiger partial charge >= 0.3 is 12.1 Å².